The third-order valence-electron chi connectivity index (χ3n) is 6.36. The van der Waals surface area contributed by atoms with Crippen LogP contribution in [0.2, 0.25) is 0 Å². The van der Waals surface area contributed by atoms with Crippen molar-refractivity contribution in [2.45, 2.75) is 62.4 Å². The van der Waals surface area contributed by atoms with Gasteiger partial charge in [-0.3, -0.25) is 4.79 Å². The zero-order chi connectivity index (χ0) is 24.8. The van der Waals surface area contributed by atoms with Gasteiger partial charge < -0.3 is 14.6 Å². The van der Waals surface area contributed by atoms with E-state index in [1.807, 2.05) is 0 Å². The van der Waals surface area contributed by atoms with Gasteiger partial charge in [0.2, 0.25) is 5.91 Å². The number of alkyl halides is 2. The smallest absolute Gasteiger partial charge is 0.302 e. The lowest BCUT2D eigenvalue weighted by Crippen LogP contribution is -2.26. The molecule has 0 unspecified atom stereocenters. The van der Waals surface area contributed by atoms with Crippen molar-refractivity contribution < 1.29 is 26.7 Å². The largest absolute Gasteiger partial charge is 0.381 e. The molecule has 1 aliphatic heterocycles. The van der Waals surface area contributed by atoms with Gasteiger partial charge in [-0.2, -0.15) is 26.4 Å². The van der Waals surface area contributed by atoms with Gasteiger partial charge in [0.15, 0.2) is 5.82 Å². The van der Waals surface area contributed by atoms with Crippen molar-refractivity contribution >= 4 is 27.0 Å². The van der Waals surface area contributed by atoms with Crippen molar-refractivity contribution in [3.8, 4) is 0 Å². The van der Waals surface area contributed by atoms with Gasteiger partial charge in [-0.05, 0) is 49.8 Å². The minimum Gasteiger partial charge on any atom is -0.381 e. The van der Waals surface area contributed by atoms with Gasteiger partial charge in [0.25, 0.3) is 10.0 Å². The highest BCUT2D eigenvalue weighted by Crippen LogP contribution is 2.32. The van der Waals surface area contributed by atoms with E-state index in [-0.39, 0.29) is 34.7 Å². The summed E-state index contributed by atoms with van der Waals surface area (Å²) in [6.07, 6.45) is 6.10. The lowest BCUT2D eigenvalue weighted by atomic mass is 10.00. The molecule has 35 heavy (non-hydrogen) atoms. The molecule has 0 radical (unpaired) electrons. The molecule has 0 atom stereocenters. The molecule has 12 heteroatoms. The van der Waals surface area contributed by atoms with Crippen LogP contribution < -0.4 is 5.32 Å². The first kappa shape index (κ1) is 23.9. The fraction of sp³-hybridized carbons (Fsp3) is 0.522. The van der Waals surface area contributed by atoms with Crippen molar-refractivity contribution in [2.24, 2.45) is 5.92 Å². The highest BCUT2D eigenvalue weighted by Gasteiger charge is 2.33. The fourth-order valence-electron chi connectivity index (χ4n) is 4.34. The summed E-state index contributed by atoms with van der Waals surface area (Å²) in [4.78, 5) is 16.0. The van der Waals surface area contributed by atoms with Crippen LogP contribution in [0.3, 0.4) is 0 Å². The molecule has 3 aromatic rings. The van der Waals surface area contributed by atoms with Gasteiger partial charge in [-0.25, -0.2) is 4.98 Å². The van der Waals surface area contributed by atoms with Crippen molar-refractivity contribution in [3.63, 3.8) is 0 Å². The number of aromatic nitrogens is 4. The van der Waals surface area contributed by atoms with E-state index in [9.17, 15) is 22.0 Å². The summed E-state index contributed by atoms with van der Waals surface area (Å²) < 4.78 is 62.9. The average molecular weight is 508 g/mol. The van der Waals surface area contributed by atoms with Crippen molar-refractivity contribution in [1.82, 2.24) is 24.1 Å². The fourth-order valence-corrected chi connectivity index (χ4v) is 5.50. The number of hydrogen-bond donors (Lipinski definition) is 1. The SMILES string of the molecule is CC(F)(F)c1nc2cc(S(=O)(=O)n3cc(CC(=O)NC4CC4)cn3)ccc2n1CC1CCOCC1. The quantitative estimate of drug-likeness (QED) is 0.502. The van der Waals surface area contributed by atoms with Crippen LogP contribution in [0.5, 0.6) is 0 Å². The first-order valence-corrected chi connectivity index (χ1v) is 13.1. The maximum atomic E-state index is 14.4. The molecule has 1 saturated carbocycles. The maximum absolute atomic E-state index is 14.4. The van der Waals surface area contributed by atoms with E-state index in [4.69, 9.17) is 4.74 Å². The van der Waals surface area contributed by atoms with E-state index < -0.39 is 21.8 Å². The summed E-state index contributed by atoms with van der Waals surface area (Å²) in [5.41, 5.74) is 1.08. The molecule has 9 nitrogen and oxygen atoms in total. The molecule has 1 saturated heterocycles. The monoisotopic (exact) mass is 507 g/mol. The second-order valence-corrected chi connectivity index (χ2v) is 11.2. The summed E-state index contributed by atoms with van der Waals surface area (Å²) in [5.74, 6) is -3.60. The maximum Gasteiger partial charge on any atom is 0.302 e. The number of imidazole rings is 1. The molecule has 0 spiro atoms. The zero-order valence-electron chi connectivity index (χ0n) is 19.3. The van der Waals surface area contributed by atoms with Crippen LogP contribution in [-0.4, -0.2) is 52.3 Å². The van der Waals surface area contributed by atoms with Crippen LogP contribution in [0.1, 0.15) is 44.0 Å². The van der Waals surface area contributed by atoms with Crippen LogP contribution in [0.15, 0.2) is 35.5 Å². The predicted octanol–water partition coefficient (Wildman–Crippen LogP) is 2.83. The lowest BCUT2D eigenvalue weighted by Gasteiger charge is -2.24. The Morgan fingerprint density at radius 1 is 1.23 bits per heavy atom. The molecule has 3 heterocycles. The van der Waals surface area contributed by atoms with E-state index in [0.717, 1.165) is 36.7 Å². The second-order valence-electron chi connectivity index (χ2n) is 9.39. The molecule has 2 aliphatic rings. The highest BCUT2D eigenvalue weighted by molar-refractivity contribution is 7.89. The third-order valence-corrected chi connectivity index (χ3v) is 7.90. The number of carbonyl (C=O) groups is 1. The molecule has 0 bridgehead atoms. The van der Waals surface area contributed by atoms with Crippen LogP contribution in [0, 0.1) is 5.92 Å². The Labute approximate surface area is 201 Å². The van der Waals surface area contributed by atoms with Crippen LogP contribution >= 0.6 is 0 Å². The molecule has 2 aromatic heterocycles. The van der Waals surface area contributed by atoms with Crippen molar-refractivity contribution in [3.05, 3.63) is 42.0 Å². The Kier molecular flexibility index (Phi) is 6.12. The molecule has 1 amide bonds. The predicted molar refractivity (Wildman–Crippen MR) is 123 cm³/mol. The molecular formula is C23H27F2N5O4S. The van der Waals surface area contributed by atoms with E-state index in [0.29, 0.717) is 30.8 Å². The number of hydrogen-bond acceptors (Lipinski definition) is 6. The molecule has 2 fully saturated rings. The Morgan fingerprint density at radius 3 is 2.66 bits per heavy atom. The summed E-state index contributed by atoms with van der Waals surface area (Å²) in [6, 6.07) is 4.39. The molecule has 5 rings (SSSR count). The van der Waals surface area contributed by atoms with E-state index in [2.05, 4.69) is 15.4 Å². The molecule has 188 valence electrons. The van der Waals surface area contributed by atoms with E-state index >= 15 is 0 Å². The summed E-state index contributed by atoms with van der Waals surface area (Å²) in [5, 5.41) is 6.77. The average Bonchev–Trinajstić information content (AvgIpc) is 3.35. The molecule has 1 N–H and O–H groups in total. The number of carbonyl (C=O) groups excluding carboxylic acids is 1. The zero-order valence-corrected chi connectivity index (χ0v) is 20.1. The molecule has 1 aliphatic carbocycles. The van der Waals surface area contributed by atoms with Crippen LogP contribution in [0.25, 0.3) is 11.0 Å². The Balaban J connectivity index is 1.44. The van der Waals surface area contributed by atoms with Crippen molar-refractivity contribution in [2.75, 3.05) is 13.2 Å². The third kappa shape index (κ3) is 5.08. The van der Waals surface area contributed by atoms with Gasteiger partial charge in [-0.1, -0.05) is 0 Å². The number of halogens is 2. The molecular weight excluding hydrogens is 480 g/mol. The van der Waals surface area contributed by atoms with Crippen LogP contribution in [0.4, 0.5) is 8.78 Å². The lowest BCUT2D eigenvalue weighted by molar-refractivity contribution is -0.120. The Morgan fingerprint density at radius 2 is 1.97 bits per heavy atom. The minimum absolute atomic E-state index is 0.0244. The van der Waals surface area contributed by atoms with Gasteiger partial charge in [0, 0.05) is 44.5 Å². The number of nitrogens with one attached hydrogen (secondary N) is 1. The number of nitrogens with zero attached hydrogens (tertiary/aromatic N) is 4. The molecule has 1 aromatic carbocycles. The number of rotatable bonds is 8. The van der Waals surface area contributed by atoms with E-state index in [1.165, 1.54) is 35.2 Å². The normalized spacial score (nSPS) is 17.7. The van der Waals surface area contributed by atoms with Gasteiger partial charge in [-0.15, -0.1) is 0 Å². The van der Waals surface area contributed by atoms with E-state index in [1.54, 1.807) is 0 Å². The number of ether oxygens (including phenoxy) is 1. The number of benzene rings is 1. The summed E-state index contributed by atoms with van der Waals surface area (Å²) >= 11 is 0. The number of fused-ring (bicyclic) bond motifs is 1. The number of amides is 1. The minimum atomic E-state index is -4.10. The van der Waals surface area contributed by atoms with Gasteiger partial charge in [0.1, 0.15) is 0 Å². The van der Waals surface area contributed by atoms with Crippen molar-refractivity contribution in [1.29, 1.82) is 0 Å². The van der Waals surface area contributed by atoms with Crippen LogP contribution in [-0.2, 0) is 38.4 Å². The first-order chi connectivity index (χ1) is 16.6. The topological polar surface area (TPSA) is 108 Å². The Bertz CT molecular complexity index is 1350. The summed E-state index contributed by atoms with van der Waals surface area (Å²) in [7, 11) is -4.10. The first-order valence-electron chi connectivity index (χ1n) is 11.7. The van der Waals surface area contributed by atoms with Gasteiger partial charge >= 0.3 is 5.92 Å². The standard InChI is InChI=1S/C23H27F2N5O4S/c1-23(24,25)22-28-19-11-18(4-5-20(19)29(22)13-15-6-8-34-9-7-15)35(32,33)30-14-16(12-26-30)10-21(31)27-17-2-3-17/h4-5,11-12,14-15,17H,2-3,6-10,13H2,1H3,(H,27,31). The summed E-state index contributed by atoms with van der Waals surface area (Å²) in [6.45, 7) is 2.32. The Hall–Kier alpha value is -2.86. The highest BCUT2D eigenvalue weighted by atomic mass is 32.2. The second kappa shape index (κ2) is 8.98. The van der Waals surface area contributed by atoms with Gasteiger partial charge in [0.05, 0.1) is 28.5 Å².